The normalized spacial score (nSPS) is 23.3. The van der Waals surface area contributed by atoms with Crippen molar-refractivity contribution < 1.29 is 4.79 Å². The number of thiazole rings is 1. The molecule has 1 aliphatic carbocycles. The molecular weight excluding hydrogens is 332 g/mol. The number of nitrogens with one attached hydrogen (secondary N) is 1. The zero-order valence-corrected chi connectivity index (χ0v) is 15.2. The zero-order chi connectivity index (χ0) is 17.4. The van der Waals surface area contributed by atoms with E-state index in [4.69, 9.17) is 4.98 Å². The van der Waals surface area contributed by atoms with Crippen LogP contribution in [0.4, 0.5) is 0 Å². The number of aromatic nitrogens is 1. The second-order valence-corrected chi connectivity index (χ2v) is 8.35. The number of para-hydroxylation sites is 1. The lowest BCUT2D eigenvalue weighted by atomic mass is 9.98. The van der Waals surface area contributed by atoms with Gasteiger partial charge in [-0.2, -0.15) is 5.26 Å². The number of carbonyl (C=O) groups is 1. The number of nitriles is 1. The molecule has 1 N–H and O–H groups in total. The Morgan fingerprint density at radius 2 is 2.24 bits per heavy atom. The Hall–Kier alpha value is -1.97. The van der Waals surface area contributed by atoms with Crippen LogP contribution in [-0.2, 0) is 4.79 Å². The molecule has 0 unspecified atom stereocenters. The van der Waals surface area contributed by atoms with Gasteiger partial charge in [0.2, 0.25) is 5.91 Å². The van der Waals surface area contributed by atoms with Crippen molar-refractivity contribution in [1.82, 2.24) is 15.2 Å². The summed E-state index contributed by atoms with van der Waals surface area (Å²) in [7, 11) is 0. The number of likely N-dealkylation sites (tertiary alicyclic amines) is 1. The molecule has 2 heterocycles. The molecule has 2 atom stereocenters. The first-order valence-corrected chi connectivity index (χ1v) is 9.72. The number of hydrogen-bond donors (Lipinski definition) is 1. The first kappa shape index (κ1) is 16.5. The average molecular weight is 354 g/mol. The summed E-state index contributed by atoms with van der Waals surface area (Å²) in [4.78, 5) is 19.5. The Balaban J connectivity index is 1.46. The predicted octanol–water partition coefficient (Wildman–Crippen LogP) is 3.24. The number of carbonyl (C=O) groups excluding carboxylic acids is 1. The summed E-state index contributed by atoms with van der Waals surface area (Å²) in [5.41, 5.74) is 0.312. The molecule has 5 nitrogen and oxygen atoms in total. The lowest BCUT2D eigenvalue weighted by Gasteiger charge is -2.26. The summed E-state index contributed by atoms with van der Waals surface area (Å²) < 4.78 is 1.19. The molecular formula is C19H22N4OS. The van der Waals surface area contributed by atoms with E-state index in [-0.39, 0.29) is 11.9 Å². The number of benzene rings is 1. The highest BCUT2D eigenvalue weighted by Gasteiger charge is 2.43. The lowest BCUT2D eigenvalue weighted by molar-refractivity contribution is -0.123. The Morgan fingerprint density at radius 3 is 2.96 bits per heavy atom. The zero-order valence-electron chi connectivity index (χ0n) is 14.4. The number of nitrogens with zero attached hydrogens (tertiary/aromatic N) is 3. The fraction of sp³-hybridized carbons (Fsp3) is 0.526. The molecule has 6 heteroatoms. The maximum atomic E-state index is 12.5. The highest BCUT2D eigenvalue weighted by Crippen LogP contribution is 2.39. The quantitative estimate of drug-likeness (QED) is 0.895. The Labute approximate surface area is 151 Å². The standard InChI is InChI=1S/C19H22N4OS/c1-19(12-20,13-8-9-13)22-17(24)11-23-10-4-6-15(23)18-21-14-5-2-3-7-16(14)25-18/h2-3,5,7,13,15H,4,6,8-11H2,1H3,(H,22,24)/t15-,19+/m1/s1. The Morgan fingerprint density at radius 1 is 1.44 bits per heavy atom. The van der Waals surface area contributed by atoms with Gasteiger partial charge in [0.15, 0.2) is 0 Å². The third-order valence-corrected chi connectivity index (χ3v) is 6.47. The SMILES string of the molecule is C[C@@](C#N)(NC(=O)CN1CCC[C@@H]1c1nc2ccccc2s1)C1CC1. The molecule has 4 rings (SSSR count). The van der Waals surface area contributed by atoms with Crippen molar-refractivity contribution >= 4 is 27.5 Å². The number of hydrogen-bond acceptors (Lipinski definition) is 5. The molecule has 130 valence electrons. The van der Waals surface area contributed by atoms with Gasteiger partial charge in [-0.15, -0.1) is 11.3 Å². The first-order valence-electron chi connectivity index (χ1n) is 8.91. The van der Waals surface area contributed by atoms with E-state index >= 15 is 0 Å². The van der Waals surface area contributed by atoms with Gasteiger partial charge in [0, 0.05) is 0 Å². The number of fused-ring (bicyclic) bond motifs is 1. The van der Waals surface area contributed by atoms with Crippen LogP contribution in [0.5, 0.6) is 0 Å². The third kappa shape index (κ3) is 3.26. The van der Waals surface area contributed by atoms with Crippen LogP contribution in [0, 0.1) is 17.2 Å². The molecule has 2 aromatic rings. The second-order valence-electron chi connectivity index (χ2n) is 7.28. The number of rotatable bonds is 5. The summed E-state index contributed by atoms with van der Waals surface area (Å²) in [5.74, 6) is 0.254. The maximum absolute atomic E-state index is 12.5. The molecule has 1 amide bonds. The lowest BCUT2D eigenvalue weighted by Crippen LogP contribution is -2.50. The van der Waals surface area contributed by atoms with E-state index in [1.165, 1.54) is 4.70 Å². The van der Waals surface area contributed by atoms with Gasteiger partial charge >= 0.3 is 0 Å². The van der Waals surface area contributed by atoms with Crippen molar-refractivity contribution in [3.8, 4) is 6.07 Å². The highest BCUT2D eigenvalue weighted by atomic mass is 32.1. The number of amides is 1. The van der Waals surface area contributed by atoms with Crippen molar-refractivity contribution in [3.05, 3.63) is 29.3 Å². The molecule has 0 bridgehead atoms. The smallest absolute Gasteiger partial charge is 0.235 e. The van der Waals surface area contributed by atoms with Gasteiger partial charge in [0.25, 0.3) is 0 Å². The Bertz CT molecular complexity index is 804. The van der Waals surface area contributed by atoms with E-state index in [1.807, 2.05) is 25.1 Å². The van der Waals surface area contributed by atoms with Crippen LogP contribution in [0.15, 0.2) is 24.3 Å². The van der Waals surface area contributed by atoms with Gasteiger partial charge in [-0.25, -0.2) is 4.98 Å². The third-order valence-electron chi connectivity index (χ3n) is 5.33. The molecule has 1 saturated heterocycles. The van der Waals surface area contributed by atoms with Gasteiger partial charge < -0.3 is 5.32 Å². The topological polar surface area (TPSA) is 69.0 Å². The fourth-order valence-electron chi connectivity index (χ4n) is 3.72. The van der Waals surface area contributed by atoms with Gasteiger partial charge in [-0.3, -0.25) is 9.69 Å². The minimum atomic E-state index is -0.720. The Kier molecular flexibility index (Phi) is 4.22. The van der Waals surface area contributed by atoms with E-state index < -0.39 is 5.54 Å². The highest BCUT2D eigenvalue weighted by molar-refractivity contribution is 7.18. The predicted molar refractivity (Wildman–Crippen MR) is 98.1 cm³/mol. The molecule has 1 saturated carbocycles. The van der Waals surface area contributed by atoms with Crippen LogP contribution in [0.1, 0.15) is 43.7 Å². The summed E-state index contributed by atoms with van der Waals surface area (Å²) in [6, 6.07) is 10.7. The largest absolute Gasteiger partial charge is 0.337 e. The van der Waals surface area contributed by atoms with Crippen molar-refractivity contribution in [2.75, 3.05) is 13.1 Å². The van der Waals surface area contributed by atoms with E-state index in [2.05, 4.69) is 22.4 Å². The minimum absolute atomic E-state index is 0.0519. The summed E-state index contributed by atoms with van der Waals surface area (Å²) in [5, 5.41) is 13.5. The molecule has 1 aromatic heterocycles. The fourth-order valence-corrected chi connectivity index (χ4v) is 4.86. The van der Waals surface area contributed by atoms with Crippen LogP contribution in [0.25, 0.3) is 10.2 Å². The average Bonchev–Trinajstić information content (AvgIpc) is 3.23. The molecule has 0 radical (unpaired) electrons. The summed E-state index contributed by atoms with van der Waals surface area (Å²) in [6.45, 7) is 3.09. The molecule has 2 fully saturated rings. The van der Waals surface area contributed by atoms with Gasteiger partial charge in [-0.1, -0.05) is 12.1 Å². The van der Waals surface area contributed by atoms with E-state index in [9.17, 15) is 10.1 Å². The minimum Gasteiger partial charge on any atom is -0.337 e. The molecule has 2 aliphatic rings. The monoisotopic (exact) mass is 354 g/mol. The van der Waals surface area contributed by atoms with Gasteiger partial charge in [-0.05, 0) is 57.2 Å². The second kappa shape index (κ2) is 6.40. The molecule has 1 aromatic carbocycles. The first-order chi connectivity index (χ1) is 12.1. The van der Waals surface area contributed by atoms with Gasteiger partial charge in [0.1, 0.15) is 10.5 Å². The molecule has 1 aliphatic heterocycles. The van der Waals surface area contributed by atoms with Crippen LogP contribution in [-0.4, -0.2) is 34.4 Å². The van der Waals surface area contributed by atoms with Crippen molar-refractivity contribution in [2.45, 2.75) is 44.2 Å². The summed E-state index contributed by atoms with van der Waals surface area (Å²) >= 11 is 1.72. The van der Waals surface area contributed by atoms with Crippen LogP contribution in [0.2, 0.25) is 0 Å². The van der Waals surface area contributed by atoms with Crippen molar-refractivity contribution in [1.29, 1.82) is 5.26 Å². The van der Waals surface area contributed by atoms with E-state index in [1.54, 1.807) is 11.3 Å². The van der Waals surface area contributed by atoms with Crippen LogP contribution < -0.4 is 5.32 Å². The van der Waals surface area contributed by atoms with E-state index in [0.29, 0.717) is 12.5 Å². The maximum Gasteiger partial charge on any atom is 0.235 e. The van der Waals surface area contributed by atoms with Crippen molar-refractivity contribution in [2.24, 2.45) is 5.92 Å². The summed E-state index contributed by atoms with van der Waals surface area (Å²) in [6.07, 6.45) is 4.17. The van der Waals surface area contributed by atoms with E-state index in [0.717, 1.165) is 42.8 Å². The molecule has 0 spiro atoms. The molecule has 25 heavy (non-hydrogen) atoms. The van der Waals surface area contributed by atoms with Crippen molar-refractivity contribution in [3.63, 3.8) is 0 Å². The van der Waals surface area contributed by atoms with Gasteiger partial charge in [0.05, 0.1) is 28.9 Å². The van der Waals surface area contributed by atoms with Crippen LogP contribution >= 0.6 is 11.3 Å². The van der Waals surface area contributed by atoms with Crippen LogP contribution in [0.3, 0.4) is 0 Å².